The van der Waals surface area contributed by atoms with Crippen LogP contribution in [0.5, 0.6) is 0 Å². The van der Waals surface area contributed by atoms with E-state index in [2.05, 4.69) is 9.71 Å². The number of nitrogens with one attached hydrogen (secondary N) is 1. The summed E-state index contributed by atoms with van der Waals surface area (Å²) in [6, 6.07) is 7.50. The minimum Gasteiger partial charge on any atom is -0.278 e. The number of rotatable bonds is 3. The SMILES string of the molecule is N#Cc1ccc(Cl)cc1NS(=O)(=O)c1cnccc1Cl. The molecule has 0 aliphatic carbocycles. The van der Waals surface area contributed by atoms with Crippen molar-refractivity contribution in [1.82, 2.24) is 4.98 Å². The van der Waals surface area contributed by atoms with E-state index in [4.69, 9.17) is 28.5 Å². The summed E-state index contributed by atoms with van der Waals surface area (Å²) in [5.74, 6) is 0. The lowest BCUT2D eigenvalue weighted by Gasteiger charge is -2.10. The first-order valence-corrected chi connectivity index (χ1v) is 7.50. The van der Waals surface area contributed by atoms with Crippen LogP contribution >= 0.6 is 23.2 Å². The monoisotopic (exact) mass is 327 g/mol. The van der Waals surface area contributed by atoms with Gasteiger partial charge in [0.2, 0.25) is 0 Å². The van der Waals surface area contributed by atoms with Crippen molar-refractivity contribution in [3.8, 4) is 6.07 Å². The van der Waals surface area contributed by atoms with Crippen molar-refractivity contribution in [3.63, 3.8) is 0 Å². The standard InChI is InChI=1S/C12H7Cl2N3O2S/c13-9-2-1-8(6-15)11(5-9)17-20(18,19)12-7-16-4-3-10(12)14/h1-5,7,17H. The number of sulfonamides is 1. The summed E-state index contributed by atoms with van der Waals surface area (Å²) in [6.07, 6.45) is 2.50. The van der Waals surface area contributed by atoms with Gasteiger partial charge in [0.15, 0.2) is 0 Å². The predicted octanol–water partition coefficient (Wildman–Crippen LogP) is 3.06. The highest BCUT2D eigenvalue weighted by Gasteiger charge is 2.19. The molecule has 0 unspecified atom stereocenters. The van der Waals surface area contributed by atoms with E-state index < -0.39 is 10.0 Å². The fourth-order valence-electron chi connectivity index (χ4n) is 1.46. The van der Waals surface area contributed by atoms with Crippen molar-refractivity contribution in [1.29, 1.82) is 5.26 Å². The fourth-order valence-corrected chi connectivity index (χ4v) is 3.13. The van der Waals surface area contributed by atoms with Gasteiger partial charge >= 0.3 is 0 Å². The van der Waals surface area contributed by atoms with Gasteiger partial charge < -0.3 is 0 Å². The summed E-state index contributed by atoms with van der Waals surface area (Å²) in [5, 5.41) is 9.30. The normalized spacial score (nSPS) is 10.8. The minimum atomic E-state index is -3.95. The van der Waals surface area contributed by atoms with Gasteiger partial charge in [0.25, 0.3) is 10.0 Å². The number of anilines is 1. The van der Waals surface area contributed by atoms with Crippen LogP contribution in [0, 0.1) is 11.3 Å². The minimum absolute atomic E-state index is 0.0352. The maximum Gasteiger partial charge on any atom is 0.264 e. The summed E-state index contributed by atoms with van der Waals surface area (Å²) < 4.78 is 26.7. The number of benzene rings is 1. The molecule has 0 radical (unpaired) electrons. The van der Waals surface area contributed by atoms with Crippen LogP contribution in [0.4, 0.5) is 5.69 Å². The molecule has 20 heavy (non-hydrogen) atoms. The molecule has 1 N–H and O–H groups in total. The van der Waals surface area contributed by atoms with Crippen LogP contribution in [-0.4, -0.2) is 13.4 Å². The zero-order valence-corrected chi connectivity index (χ0v) is 12.2. The number of hydrogen-bond acceptors (Lipinski definition) is 4. The summed E-state index contributed by atoms with van der Waals surface area (Å²) in [6.45, 7) is 0. The molecule has 1 aromatic carbocycles. The molecule has 0 spiro atoms. The number of nitriles is 1. The van der Waals surface area contributed by atoms with Crippen LogP contribution < -0.4 is 4.72 Å². The number of pyridine rings is 1. The first-order chi connectivity index (χ1) is 9.44. The molecule has 0 saturated heterocycles. The van der Waals surface area contributed by atoms with Crippen LogP contribution in [0.1, 0.15) is 5.56 Å². The van der Waals surface area contributed by atoms with Crippen molar-refractivity contribution in [2.75, 3.05) is 4.72 Å². The van der Waals surface area contributed by atoms with Crippen LogP contribution in [0.3, 0.4) is 0 Å². The van der Waals surface area contributed by atoms with Crippen LogP contribution in [0.15, 0.2) is 41.6 Å². The Morgan fingerprint density at radius 1 is 1.25 bits per heavy atom. The highest BCUT2D eigenvalue weighted by atomic mass is 35.5. The third kappa shape index (κ3) is 3.02. The molecule has 0 atom stereocenters. The molecule has 1 heterocycles. The quantitative estimate of drug-likeness (QED) is 0.939. The van der Waals surface area contributed by atoms with E-state index in [1.165, 1.54) is 30.5 Å². The van der Waals surface area contributed by atoms with Gasteiger partial charge in [0.05, 0.1) is 16.3 Å². The van der Waals surface area contributed by atoms with Crippen molar-refractivity contribution in [2.45, 2.75) is 4.90 Å². The molecular formula is C12H7Cl2N3O2S. The van der Waals surface area contributed by atoms with E-state index in [-0.39, 0.29) is 21.2 Å². The highest BCUT2D eigenvalue weighted by molar-refractivity contribution is 7.92. The number of hydrogen-bond donors (Lipinski definition) is 1. The Morgan fingerprint density at radius 3 is 2.65 bits per heavy atom. The Morgan fingerprint density at radius 2 is 2.00 bits per heavy atom. The van der Waals surface area contributed by atoms with E-state index in [0.29, 0.717) is 5.02 Å². The zero-order valence-electron chi connectivity index (χ0n) is 9.84. The van der Waals surface area contributed by atoms with Gasteiger partial charge in [-0.15, -0.1) is 0 Å². The first-order valence-electron chi connectivity index (χ1n) is 5.26. The van der Waals surface area contributed by atoms with Crippen molar-refractivity contribution in [2.24, 2.45) is 0 Å². The maximum absolute atomic E-state index is 12.2. The second-order valence-corrected chi connectivity index (χ2v) is 6.21. The molecule has 2 aromatic rings. The Balaban J connectivity index is 2.47. The van der Waals surface area contributed by atoms with Crippen LogP contribution in [0.2, 0.25) is 10.0 Å². The predicted molar refractivity (Wildman–Crippen MR) is 76.2 cm³/mol. The Labute approximate surface area is 125 Å². The summed E-state index contributed by atoms with van der Waals surface area (Å²) in [4.78, 5) is 3.54. The van der Waals surface area contributed by atoms with Crippen molar-refractivity contribution < 1.29 is 8.42 Å². The average Bonchev–Trinajstić information content (AvgIpc) is 2.39. The third-order valence-electron chi connectivity index (χ3n) is 2.37. The molecule has 8 heteroatoms. The Kier molecular flexibility index (Phi) is 4.14. The summed E-state index contributed by atoms with van der Waals surface area (Å²) in [5.41, 5.74) is 0.234. The van der Waals surface area contributed by atoms with Crippen molar-refractivity contribution in [3.05, 3.63) is 52.3 Å². The van der Waals surface area contributed by atoms with Crippen LogP contribution in [0.25, 0.3) is 0 Å². The van der Waals surface area contributed by atoms with Gasteiger partial charge in [-0.25, -0.2) is 8.42 Å². The molecule has 0 saturated carbocycles. The number of halogens is 2. The molecule has 0 aliphatic rings. The Hall–Kier alpha value is -1.81. The van der Waals surface area contributed by atoms with Gasteiger partial charge in [0.1, 0.15) is 11.0 Å². The van der Waals surface area contributed by atoms with E-state index in [1.807, 2.05) is 6.07 Å². The molecule has 1 aromatic heterocycles. The van der Waals surface area contributed by atoms with E-state index in [1.54, 1.807) is 0 Å². The van der Waals surface area contributed by atoms with E-state index in [9.17, 15) is 8.42 Å². The second kappa shape index (κ2) is 5.67. The van der Waals surface area contributed by atoms with E-state index in [0.717, 1.165) is 6.20 Å². The molecule has 0 bridgehead atoms. The molecule has 5 nitrogen and oxygen atoms in total. The summed E-state index contributed by atoms with van der Waals surface area (Å²) >= 11 is 11.6. The van der Waals surface area contributed by atoms with E-state index >= 15 is 0 Å². The Bertz CT molecular complexity index is 801. The summed E-state index contributed by atoms with van der Waals surface area (Å²) in [7, 11) is -3.95. The lowest BCUT2D eigenvalue weighted by atomic mass is 10.2. The molecule has 0 aliphatic heterocycles. The third-order valence-corrected chi connectivity index (χ3v) is 4.44. The smallest absolute Gasteiger partial charge is 0.264 e. The van der Waals surface area contributed by atoms with Crippen LogP contribution in [-0.2, 0) is 10.0 Å². The largest absolute Gasteiger partial charge is 0.278 e. The molecule has 102 valence electrons. The zero-order chi connectivity index (χ0) is 14.8. The second-order valence-electron chi connectivity index (χ2n) is 3.71. The van der Waals surface area contributed by atoms with Gasteiger partial charge in [0, 0.05) is 17.4 Å². The van der Waals surface area contributed by atoms with Gasteiger partial charge in [-0.3, -0.25) is 9.71 Å². The van der Waals surface area contributed by atoms with Crippen molar-refractivity contribution >= 4 is 38.9 Å². The van der Waals surface area contributed by atoms with Gasteiger partial charge in [-0.05, 0) is 24.3 Å². The van der Waals surface area contributed by atoms with Gasteiger partial charge in [-0.2, -0.15) is 5.26 Å². The topological polar surface area (TPSA) is 82.9 Å². The first kappa shape index (κ1) is 14.6. The molecular weight excluding hydrogens is 321 g/mol. The van der Waals surface area contributed by atoms with Gasteiger partial charge in [-0.1, -0.05) is 23.2 Å². The average molecular weight is 328 g/mol. The highest BCUT2D eigenvalue weighted by Crippen LogP contribution is 2.26. The molecule has 0 fully saturated rings. The lowest BCUT2D eigenvalue weighted by Crippen LogP contribution is -2.14. The lowest BCUT2D eigenvalue weighted by molar-refractivity contribution is 0.601. The molecule has 2 rings (SSSR count). The number of nitrogens with zero attached hydrogens (tertiary/aromatic N) is 2. The number of aromatic nitrogens is 1. The fraction of sp³-hybridized carbons (Fsp3) is 0. The molecule has 0 amide bonds. The maximum atomic E-state index is 12.2.